The van der Waals surface area contributed by atoms with Gasteiger partial charge in [0.1, 0.15) is 58.2 Å². The van der Waals surface area contributed by atoms with Gasteiger partial charge in [0.15, 0.2) is 2.14 Å². The maximum atomic E-state index is 12.7. The Kier molecular flexibility index (Phi) is 35.0. The molecule has 0 aromatic carbocycles. The largest absolute Gasteiger partial charge is 0.293 e. The van der Waals surface area contributed by atoms with Gasteiger partial charge in [0.25, 0.3) is 10.1 Å². The van der Waals surface area contributed by atoms with Gasteiger partial charge in [0.05, 0.1) is 0 Å². The minimum absolute atomic E-state index is 0.953. The fraction of sp³-hybridized carbons (Fsp3) is 1.00. The van der Waals surface area contributed by atoms with E-state index in [0.717, 1.165) is 0 Å². The predicted octanol–water partition coefficient (Wildman–Crippen LogP) is 29.9. The summed E-state index contributed by atoms with van der Waals surface area (Å²) in [5.74, 6) is 0. The van der Waals surface area contributed by atoms with Crippen LogP contribution < -0.4 is 0 Å². The molecule has 0 rings (SSSR count). The van der Waals surface area contributed by atoms with Gasteiger partial charge in [-0.25, -0.2) is 0 Å². The predicted molar refractivity (Wildman–Crippen MR) is 432 cm³/mol. The van der Waals surface area contributed by atoms with Crippen molar-refractivity contribution >= 4 is 663 Å². The summed E-state index contributed by atoms with van der Waals surface area (Å²) in [6.45, 7) is 0. The molecule has 0 fully saturated rings. The van der Waals surface area contributed by atoms with Crippen LogP contribution in [0, 0.1) is 0 Å². The number of rotatable bonds is 19. The summed E-state index contributed by atoms with van der Waals surface area (Å²) in [6.07, 6.45) is 0. The normalized spacial score (nSPS) is 17.5. The molecule has 0 heterocycles. The first-order valence-electron chi connectivity index (χ1n) is 13.2. The lowest BCUT2D eigenvalue weighted by Crippen LogP contribution is -2.74. The number of hydrogen-bond acceptors (Lipinski definition) is 2. The second-order valence-corrected chi connectivity index (χ2v) is 86.6. The highest BCUT2D eigenvalue weighted by Gasteiger charge is 2.85. The zero-order chi connectivity index (χ0) is 54.5. The topological polar surface area (TPSA) is 54.4 Å². The van der Waals surface area contributed by atoms with Crippen molar-refractivity contribution in [2.24, 2.45) is 0 Å². The van der Waals surface area contributed by atoms with Gasteiger partial charge in [-0.3, -0.25) is 4.55 Å². The molecule has 0 spiro atoms. The zero-order valence-corrected chi connectivity index (χ0v) is 93.0. The number of hydrogen-bond donors (Lipinski definition) is 1. The fourth-order valence-electron chi connectivity index (χ4n) is 3.68. The molecule has 0 saturated heterocycles. The Morgan fingerprint density at radius 2 is 0.277 bits per heavy atom. The van der Waals surface area contributed by atoms with E-state index < -0.39 is 73.0 Å². The Hall–Kier alpha value is 19.6. The van der Waals surface area contributed by atoms with E-state index in [2.05, 4.69) is 653 Å². The third-order valence-corrected chi connectivity index (χ3v) is 99.0. The Morgan fingerprint density at radius 3 is 0.369 bits per heavy atom. The van der Waals surface area contributed by atoms with Crippen LogP contribution in [0.4, 0.5) is 0 Å². The van der Waals surface area contributed by atoms with Crippen molar-refractivity contribution in [2.75, 3.05) is 0 Å². The molecule has 0 saturated carbocycles. The highest BCUT2D eigenvalue weighted by molar-refractivity contribution is 9.43. The quantitative estimate of drug-likeness (QED) is 0.104. The molecular formula is C20HBr41O3S. The molecule has 0 unspecified atom stereocenters. The Labute approximate surface area is 720 Å². The first-order valence-corrected chi connectivity index (χ1v) is 47.2. The van der Waals surface area contributed by atoms with E-state index in [1.165, 1.54) is 0 Å². The van der Waals surface area contributed by atoms with Gasteiger partial charge in [0, 0.05) is 0 Å². The van der Waals surface area contributed by atoms with Gasteiger partial charge in [-0.15, -0.1) is 0 Å². The average molecular weight is 3600 g/mol. The zero-order valence-electron chi connectivity index (χ0n) is 27.2. The maximum Gasteiger partial charge on any atom is 0.293 e. The molecule has 0 radical (unpaired) electrons. The van der Waals surface area contributed by atoms with E-state index in [1.807, 2.05) is 0 Å². The van der Waals surface area contributed by atoms with Gasteiger partial charge in [0.2, 0.25) is 2.57 Å². The molecule has 0 bridgehead atoms. The highest BCUT2D eigenvalue weighted by Crippen LogP contribution is 2.85. The van der Waals surface area contributed by atoms with Crippen LogP contribution in [0.3, 0.4) is 0 Å². The Bertz CT molecular complexity index is 1880. The van der Waals surface area contributed by atoms with Crippen LogP contribution in [0.1, 0.15) is 0 Å². The lowest BCUT2D eigenvalue weighted by Gasteiger charge is -2.62. The van der Waals surface area contributed by atoms with Crippen LogP contribution in [0.2, 0.25) is 0 Å². The fourth-order valence-corrected chi connectivity index (χ4v) is 47.0. The molecule has 0 amide bonds. The van der Waals surface area contributed by atoms with Crippen molar-refractivity contribution in [1.82, 2.24) is 0 Å². The number of halogens is 41. The smallest absolute Gasteiger partial charge is 0.284 e. The maximum absolute atomic E-state index is 12.7. The van der Waals surface area contributed by atoms with Crippen molar-refractivity contribution in [3.63, 3.8) is 0 Å². The van der Waals surface area contributed by atoms with Gasteiger partial charge in [-0.2, -0.15) is 8.42 Å². The monoisotopic (exact) mass is 3560 g/mol. The third-order valence-electron chi connectivity index (χ3n) is 7.75. The Morgan fingerprint density at radius 1 is 0.185 bits per heavy atom. The van der Waals surface area contributed by atoms with Crippen LogP contribution >= 0.6 is 653 Å². The molecule has 0 aliphatic heterocycles. The van der Waals surface area contributed by atoms with Crippen LogP contribution in [-0.2, 0) is 10.1 Å². The standard InChI is InChI=1S/C20HBr41O3S/c21-1(22,3(25,26)5(29,30)7(33,34)9(37,38)11(41,42)13(45,46)15(49,50)17(53,54)19(57,58)59)2(23,24)4(27,28)6(31,32)8(35,36)10(39,40)12(43,44)14(47,48)16(51,52)18(55,56)20(60,61)65(62,63)64/h(H,62,63,64). The molecular weight excluding hydrogens is 3600 g/mol. The summed E-state index contributed by atoms with van der Waals surface area (Å²) in [5.41, 5.74) is 0. The molecule has 0 atom stereocenters. The van der Waals surface area contributed by atoms with Gasteiger partial charge in [-0.05, 0) is 31.9 Å². The van der Waals surface area contributed by atoms with E-state index in [4.69, 9.17) is 0 Å². The second kappa shape index (κ2) is 26.9. The van der Waals surface area contributed by atoms with Gasteiger partial charge < -0.3 is 0 Å². The van der Waals surface area contributed by atoms with Crippen LogP contribution in [0.15, 0.2) is 0 Å². The first kappa shape index (κ1) is 84.6. The molecule has 0 aliphatic rings. The molecule has 0 aromatic heterocycles. The molecule has 65 heavy (non-hydrogen) atoms. The van der Waals surface area contributed by atoms with Crippen molar-refractivity contribution < 1.29 is 13.0 Å². The van der Waals surface area contributed by atoms with Crippen molar-refractivity contribution in [3.8, 4) is 0 Å². The Balaban J connectivity index is 8.05. The molecule has 3 nitrogen and oxygen atoms in total. The second-order valence-electron chi connectivity index (χ2n) is 11.8. The van der Waals surface area contributed by atoms with Crippen LogP contribution in [-0.4, -0.2) is 75.9 Å². The summed E-state index contributed by atoms with van der Waals surface area (Å²) < 4.78 is 6.19. The van der Waals surface area contributed by atoms with Crippen molar-refractivity contribution in [1.29, 1.82) is 0 Å². The van der Waals surface area contributed by atoms with Crippen LogP contribution in [0.5, 0.6) is 0 Å². The highest BCUT2D eigenvalue weighted by atomic mass is 80.0. The van der Waals surface area contributed by atoms with Crippen molar-refractivity contribution in [3.05, 3.63) is 0 Å². The lowest BCUT2D eigenvalue weighted by molar-refractivity contribution is 0.470. The van der Waals surface area contributed by atoms with Gasteiger partial charge >= 0.3 is 0 Å². The van der Waals surface area contributed by atoms with E-state index in [0.29, 0.717) is 0 Å². The molecule has 45 heteroatoms. The average Bonchev–Trinajstić information content (AvgIpc) is 3.05. The van der Waals surface area contributed by atoms with E-state index >= 15 is 0 Å². The summed E-state index contributed by atoms with van der Waals surface area (Å²) >= 11 is 157. The van der Waals surface area contributed by atoms with E-state index in [1.54, 1.807) is 0 Å². The summed E-state index contributed by atoms with van der Waals surface area (Å²) in [5, 5.41) is 0. The first-order chi connectivity index (χ1) is 27.0. The molecule has 392 valence electrons. The lowest BCUT2D eigenvalue weighted by atomic mass is 10.0. The summed E-state index contributed by atoms with van der Waals surface area (Å²) in [6, 6.07) is 0. The third kappa shape index (κ3) is 14.0. The minimum Gasteiger partial charge on any atom is -0.284 e. The minimum atomic E-state index is -4.88. The summed E-state index contributed by atoms with van der Waals surface area (Å²) in [4.78, 5) is 0. The molecule has 0 aliphatic carbocycles. The van der Waals surface area contributed by atoms with E-state index in [-0.39, 0.29) is 0 Å². The number of alkyl halides is 41. The van der Waals surface area contributed by atoms with E-state index in [9.17, 15) is 13.0 Å². The van der Waals surface area contributed by atoms with Crippen LogP contribution in [0.25, 0.3) is 0 Å². The van der Waals surface area contributed by atoms with Crippen molar-refractivity contribution in [2.45, 2.75) is 62.9 Å². The SMILES string of the molecule is O=S(=O)(O)C(Br)(Br)C(Br)(Br)C(Br)(Br)C(Br)(Br)C(Br)(Br)C(Br)(Br)C(Br)(Br)C(Br)(Br)C(Br)(Br)C(Br)(Br)C(Br)(Br)C(Br)(Br)C(Br)(Br)C(Br)(Br)C(Br)(Br)C(Br)(Br)C(Br)(Br)C(Br)(Br)C(Br)(Br)C(Br)(Br)Br. The van der Waals surface area contributed by atoms with Gasteiger partial charge in [-0.1, -0.05) is 621 Å². The molecule has 0 aromatic rings. The molecule has 1 N–H and O–H groups in total. The summed E-state index contributed by atoms with van der Waals surface area (Å²) in [7, 11) is -4.88.